The first-order valence-corrected chi connectivity index (χ1v) is 10.7. The number of aliphatic carboxylic acids is 1. The normalized spacial score (nSPS) is 13.7. The molecule has 3 amide bonds. The number of carbonyl (C=O) groups is 5. The third-order valence-corrected chi connectivity index (χ3v) is 4.48. The second-order valence-corrected chi connectivity index (χ2v) is 7.22. The number of methoxy groups -OCH3 is 1. The Morgan fingerprint density at radius 1 is 1.07 bits per heavy atom. The van der Waals surface area contributed by atoms with Crippen LogP contribution in [0.15, 0.2) is 12.2 Å². The first-order valence-electron chi connectivity index (χ1n) is 9.28. The van der Waals surface area contributed by atoms with Crippen molar-refractivity contribution in [1.82, 2.24) is 16.0 Å². The van der Waals surface area contributed by atoms with E-state index in [0.717, 1.165) is 19.3 Å². The molecule has 0 bridgehead atoms. The number of carboxylic acids is 1. The number of nitrogens with two attached hydrogens (primary N) is 1. The average molecular weight is 447 g/mol. The van der Waals surface area contributed by atoms with Gasteiger partial charge in [-0.1, -0.05) is 13.3 Å². The number of hydrogen-bond acceptors (Lipinski definition) is 8. The van der Waals surface area contributed by atoms with Gasteiger partial charge in [0.2, 0.25) is 17.7 Å². The van der Waals surface area contributed by atoms with Crippen molar-refractivity contribution in [2.45, 2.75) is 44.3 Å². The summed E-state index contributed by atoms with van der Waals surface area (Å²) in [7, 11) is 1.16. The molecule has 170 valence electrons. The molecule has 0 aromatic carbocycles. The van der Waals surface area contributed by atoms with Crippen molar-refractivity contribution in [1.29, 1.82) is 0 Å². The highest BCUT2D eigenvalue weighted by Gasteiger charge is 2.27. The van der Waals surface area contributed by atoms with E-state index in [1.165, 1.54) is 11.8 Å². The van der Waals surface area contributed by atoms with E-state index in [-0.39, 0.29) is 19.4 Å². The van der Waals surface area contributed by atoms with E-state index in [0.29, 0.717) is 12.2 Å². The Morgan fingerprint density at radius 3 is 2.23 bits per heavy atom. The fourth-order valence-corrected chi connectivity index (χ4v) is 2.65. The first-order chi connectivity index (χ1) is 14.2. The summed E-state index contributed by atoms with van der Waals surface area (Å²) in [6.07, 6.45) is 4.77. The summed E-state index contributed by atoms with van der Waals surface area (Å²) in [5.74, 6) is -3.26. The molecule has 6 N–H and O–H groups in total. The molecule has 0 saturated heterocycles. The van der Waals surface area contributed by atoms with Crippen LogP contribution in [0, 0.1) is 0 Å². The zero-order valence-corrected chi connectivity index (χ0v) is 18.1. The number of carbonyl (C=O) groups excluding carboxylic acids is 4. The molecule has 0 saturated carbocycles. The van der Waals surface area contributed by atoms with E-state index < -0.39 is 47.8 Å². The molecule has 0 aromatic rings. The van der Waals surface area contributed by atoms with E-state index in [1.807, 2.05) is 13.2 Å². The Balaban J connectivity index is 4.79. The summed E-state index contributed by atoms with van der Waals surface area (Å²) < 4.78 is 4.35. The first kappa shape index (κ1) is 27.4. The SMILES string of the molecule is CCC[C@H](NC(=O)[C@@H](N)CNC(=O)/C=C/C(=O)OC)C(=O)N[C@H](CCSC)C(=O)O. The van der Waals surface area contributed by atoms with Gasteiger partial charge < -0.3 is 31.5 Å². The van der Waals surface area contributed by atoms with Gasteiger partial charge in [-0.2, -0.15) is 11.8 Å². The molecule has 0 spiro atoms. The predicted molar refractivity (Wildman–Crippen MR) is 112 cm³/mol. The van der Waals surface area contributed by atoms with E-state index in [9.17, 15) is 29.1 Å². The molecule has 0 unspecified atom stereocenters. The van der Waals surface area contributed by atoms with E-state index >= 15 is 0 Å². The lowest BCUT2D eigenvalue weighted by Gasteiger charge is -2.22. The fraction of sp³-hybridized carbons (Fsp3) is 0.611. The maximum absolute atomic E-state index is 12.5. The Bertz CT molecular complexity index is 642. The highest BCUT2D eigenvalue weighted by Crippen LogP contribution is 2.04. The smallest absolute Gasteiger partial charge is 0.330 e. The molecule has 3 atom stereocenters. The van der Waals surface area contributed by atoms with Gasteiger partial charge in [-0.25, -0.2) is 9.59 Å². The minimum absolute atomic E-state index is 0.234. The second kappa shape index (κ2) is 15.3. The van der Waals surface area contributed by atoms with Crippen LogP contribution < -0.4 is 21.7 Å². The van der Waals surface area contributed by atoms with Gasteiger partial charge in [0, 0.05) is 18.7 Å². The van der Waals surface area contributed by atoms with Crippen LogP contribution in [-0.2, 0) is 28.7 Å². The highest BCUT2D eigenvalue weighted by molar-refractivity contribution is 7.98. The summed E-state index contributed by atoms with van der Waals surface area (Å²) in [6, 6.07) is -3.17. The number of rotatable bonds is 14. The van der Waals surface area contributed by atoms with Gasteiger partial charge >= 0.3 is 11.9 Å². The van der Waals surface area contributed by atoms with Crippen LogP contribution >= 0.6 is 11.8 Å². The summed E-state index contributed by atoms with van der Waals surface area (Å²) in [4.78, 5) is 58.5. The van der Waals surface area contributed by atoms with Gasteiger partial charge in [0.15, 0.2) is 0 Å². The Kier molecular flexibility index (Phi) is 13.9. The van der Waals surface area contributed by atoms with Gasteiger partial charge in [-0.05, 0) is 24.9 Å². The second-order valence-electron chi connectivity index (χ2n) is 6.24. The molecule has 0 rings (SSSR count). The standard InChI is InChI=1S/C18H30N4O7S/c1-4-5-12(17(26)22-13(18(27)28)8-9-30-3)21-16(25)11(19)10-20-14(23)6-7-15(24)29-2/h6-7,11-13H,4-5,8-10,19H2,1-3H3,(H,20,23)(H,21,25)(H,22,26)(H,27,28)/b7-6+/t11-,12-,13+/m0/s1. The van der Waals surface area contributed by atoms with Crippen LogP contribution in [0.2, 0.25) is 0 Å². The van der Waals surface area contributed by atoms with Gasteiger partial charge in [-0.3, -0.25) is 14.4 Å². The van der Waals surface area contributed by atoms with Crippen LogP contribution in [0.25, 0.3) is 0 Å². The van der Waals surface area contributed by atoms with Crippen LogP contribution in [0.3, 0.4) is 0 Å². The van der Waals surface area contributed by atoms with E-state index in [4.69, 9.17) is 5.73 Å². The third-order valence-electron chi connectivity index (χ3n) is 3.84. The zero-order valence-electron chi connectivity index (χ0n) is 17.3. The lowest BCUT2D eigenvalue weighted by molar-refractivity contribution is -0.142. The molecule has 0 aliphatic rings. The molecule has 0 aliphatic carbocycles. The van der Waals surface area contributed by atoms with Crippen molar-refractivity contribution >= 4 is 41.4 Å². The van der Waals surface area contributed by atoms with Gasteiger partial charge in [0.1, 0.15) is 18.1 Å². The van der Waals surface area contributed by atoms with Crippen LogP contribution in [0.4, 0.5) is 0 Å². The molecular formula is C18H30N4O7S. The fourth-order valence-electron chi connectivity index (χ4n) is 2.18. The predicted octanol–water partition coefficient (Wildman–Crippen LogP) is -1.23. The van der Waals surface area contributed by atoms with Crippen molar-refractivity contribution in [2.24, 2.45) is 5.73 Å². The Hall–Kier alpha value is -2.60. The van der Waals surface area contributed by atoms with Crippen molar-refractivity contribution in [3.63, 3.8) is 0 Å². The molecule has 0 aliphatic heterocycles. The average Bonchev–Trinajstić information content (AvgIpc) is 2.72. The van der Waals surface area contributed by atoms with E-state index in [1.54, 1.807) is 0 Å². The van der Waals surface area contributed by atoms with Gasteiger partial charge in [-0.15, -0.1) is 0 Å². The summed E-state index contributed by atoms with van der Waals surface area (Å²) >= 11 is 1.46. The van der Waals surface area contributed by atoms with Gasteiger partial charge in [0.05, 0.1) is 7.11 Å². The summed E-state index contributed by atoms with van der Waals surface area (Å²) in [5.41, 5.74) is 5.74. The number of thioether (sulfide) groups is 1. The van der Waals surface area contributed by atoms with Crippen LogP contribution in [0.1, 0.15) is 26.2 Å². The molecule has 12 heteroatoms. The largest absolute Gasteiger partial charge is 0.480 e. The lowest BCUT2D eigenvalue weighted by Crippen LogP contribution is -2.56. The highest BCUT2D eigenvalue weighted by atomic mass is 32.2. The number of nitrogens with one attached hydrogen (secondary N) is 3. The summed E-state index contributed by atoms with van der Waals surface area (Å²) in [5, 5.41) is 16.5. The zero-order chi connectivity index (χ0) is 23.1. The Morgan fingerprint density at radius 2 is 1.70 bits per heavy atom. The molecule has 0 aromatic heterocycles. The van der Waals surface area contributed by atoms with Crippen LogP contribution in [0.5, 0.6) is 0 Å². The van der Waals surface area contributed by atoms with Crippen molar-refractivity contribution in [3.8, 4) is 0 Å². The van der Waals surface area contributed by atoms with Crippen molar-refractivity contribution in [2.75, 3.05) is 25.7 Å². The number of esters is 1. The molecule has 0 heterocycles. The third kappa shape index (κ3) is 11.4. The number of hydrogen-bond donors (Lipinski definition) is 5. The molecule has 0 radical (unpaired) electrons. The number of ether oxygens (including phenoxy) is 1. The molecular weight excluding hydrogens is 416 g/mol. The van der Waals surface area contributed by atoms with Crippen LogP contribution in [-0.4, -0.2) is 78.6 Å². The van der Waals surface area contributed by atoms with Crippen molar-refractivity contribution in [3.05, 3.63) is 12.2 Å². The molecule has 0 fully saturated rings. The van der Waals surface area contributed by atoms with E-state index in [2.05, 4.69) is 20.7 Å². The Labute approximate surface area is 179 Å². The lowest BCUT2D eigenvalue weighted by atomic mass is 10.1. The maximum Gasteiger partial charge on any atom is 0.330 e. The molecule has 11 nitrogen and oxygen atoms in total. The topological polar surface area (TPSA) is 177 Å². The minimum Gasteiger partial charge on any atom is -0.480 e. The number of carboxylic acid groups (broad SMARTS) is 1. The summed E-state index contributed by atoms with van der Waals surface area (Å²) in [6.45, 7) is 1.57. The number of amides is 3. The maximum atomic E-state index is 12.5. The van der Waals surface area contributed by atoms with Gasteiger partial charge in [0.25, 0.3) is 0 Å². The quantitative estimate of drug-likeness (QED) is 0.161. The monoisotopic (exact) mass is 446 g/mol. The minimum atomic E-state index is -1.15. The van der Waals surface area contributed by atoms with Crippen molar-refractivity contribution < 1.29 is 33.8 Å². The molecule has 30 heavy (non-hydrogen) atoms.